The maximum Gasteiger partial charge on any atom is 0.320 e. The summed E-state index contributed by atoms with van der Waals surface area (Å²) in [7, 11) is 0. The van der Waals surface area contributed by atoms with E-state index in [0.29, 0.717) is 13.0 Å². The highest BCUT2D eigenvalue weighted by molar-refractivity contribution is 5.85. The van der Waals surface area contributed by atoms with Crippen molar-refractivity contribution in [2.75, 3.05) is 6.54 Å². The molecule has 0 radical (unpaired) electrons. The van der Waals surface area contributed by atoms with Crippen LogP contribution in [0.2, 0.25) is 0 Å². The van der Waals surface area contributed by atoms with E-state index in [0.717, 1.165) is 18.6 Å². The van der Waals surface area contributed by atoms with E-state index < -0.39 is 29.5 Å². The third kappa shape index (κ3) is 3.51. The van der Waals surface area contributed by atoms with Crippen molar-refractivity contribution >= 4 is 18.4 Å². The summed E-state index contributed by atoms with van der Waals surface area (Å²) >= 11 is 0. The molecule has 6 nitrogen and oxygen atoms in total. The molecule has 1 N–H and O–H groups in total. The monoisotopic (exact) mass is 363 g/mol. The van der Waals surface area contributed by atoms with Crippen molar-refractivity contribution < 1.29 is 27.6 Å². The minimum absolute atomic E-state index is 0. The van der Waals surface area contributed by atoms with Gasteiger partial charge in [-0.1, -0.05) is 5.16 Å². The minimum atomic E-state index is -1.57. The Hall–Kier alpha value is -2.13. The number of hydrogen-bond donors (Lipinski definition) is 1. The van der Waals surface area contributed by atoms with Crippen molar-refractivity contribution in [3.63, 3.8) is 0 Å². The van der Waals surface area contributed by atoms with E-state index in [4.69, 9.17) is 9.63 Å². The van der Waals surface area contributed by atoms with Crippen LogP contribution in [0.4, 0.5) is 13.2 Å². The Morgan fingerprint density at radius 3 is 2.62 bits per heavy atom. The predicted molar refractivity (Wildman–Crippen MR) is 77.9 cm³/mol. The number of likely N-dealkylation sites (tertiary alicyclic amines) is 1. The van der Waals surface area contributed by atoms with Gasteiger partial charge in [0.1, 0.15) is 6.04 Å². The Morgan fingerprint density at radius 2 is 2.00 bits per heavy atom. The van der Waals surface area contributed by atoms with Crippen molar-refractivity contribution in [3.05, 3.63) is 35.5 Å². The van der Waals surface area contributed by atoms with E-state index in [-0.39, 0.29) is 36.2 Å². The molecule has 0 aliphatic carbocycles. The van der Waals surface area contributed by atoms with Crippen LogP contribution in [-0.2, 0) is 11.3 Å². The zero-order chi connectivity index (χ0) is 16.6. The average molecular weight is 364 g/mol. The van der Waals surface area contributed by atoms with Crippen LogP contribution in [0, 0.1) is 17.5 Å². The highest BCUT2D eigenvalue weighted by Gasteiger charge is 2.31. The quantitative estimate of drug-likeness (QED) is 0.841. The van der Waals surface area contributed by atoms with E-state index in [9.17, 15) is 18.0 Å². The first kappa shape index (κ1) is 18.2. The van der Waals surface area contributed by atoms with Crippen LogP contribution >= 0.6 is 12.4 Å². The number of hydrogen-bond acceptors (Lipinski definition) is 5. The number of aliphatic carboxylic acids is 1. The first-order valence-electron chi connectivity index (χ1n) is 6.90. The van der Waals surface area contributed by atoms with Gasteiger partial charge in [0, 0.05) is 5.56 Å². The average Bonchev–Trinajstić information content (AvgIpc) is 3.14. The fourth-order valence-corrected chi connectivity index (χ4v) is 2.59. The van der Waals surface area contributed by atoms with Crippen LogP contribution in [0.1, 0.15) is 18.7 Å². The molecule has 130 valence electrons. The summed E-state index contributed by atoms with van der Waals surface area (Å²) in [5.74, 6) is -5.17. The van der Waals surface area contributed by atoms with Gasteiger partial charge in [-0.25, -0.2) is 13.2 Å². The Kier molecular flexibility index (Phi) is 5.45. The van der Waals surface area contributed by atoms with Crippen molar-refractivity contribution in [1.82, 2.24) is 15.0 Å². The fourth-order valence-electron chi connectivity index (χ4n) is 2.59. The van der Waals surface area contributed by atoms with Gasteiger partial charge < -0.3 is 9.63 Å². The molecule has 24 heavy (non-hydrogen) atoms. The van der Waals surface area contributed by atoms with Gasteiger partial charge in [-0.05, 0) is 31.5 Å². The Labute approximate surface area is 140 Å². The van der Waals surface area contributed by atoms with Gasteiger partial charge in [0.2, 0.25) is 11.7 Å². The summed E-state index contributed by atoms with van der Waals surface area (Å²) in [6, 6.07) is 0.914. The maximum atomic E-state index is 13.2. The zero-order valence-electron chi connectivity index (χ0n) is 12.2. The fraction of sp³-hybridized carbons (Fsp3) is 0.357. The molecule has 1 aliphatic heterocycles. The topological polar surface area (TPSA) is 79.5 Å². The third-order valence-electron chi connectivity index (χ3n) is 3.70. The van der Waals surface area contributed by atoms with Gasteiger partial charge in [0.25, 0.3) is 0 Å². The van der Waals surface area contributed by atoms with Crippen LogP contribution < -0.4 is 0 Å². The number of carbonyl (C=O) groups is 1. The molecule has 0 spiro atoms. The van der Waals surface area contributed by atoms with Gasteiger partial charge in [0.05, 0.1) is 6.54 Å². The summed E-state index contributed by atoms with van der Waals surface area (Å²) in [4.78, 5) is 16.8. The predicted octanol–water partition coefficient (Wildman–Crippen LogP) is 2.62. The molecule has 1 atom stereocenters. The summed E-state index contributed by atoms with van der Waals surface area (Å²) in [5, 5.41) is 12.7. The van der Waals surface area contributed by atoms with E-state index >= 15 is 0 Å². The standard InChI is InChI=1S/C14H12F3N3O3.ClH/c15-8-4-7(5-9(16)12(8)17)13-18-11(23-19-13)6-20-3-1-2-10(20)14(21)22;/h4-5,10H,1-3,6H2,(H,21,22);1H. The molecule has 0 bridgehead atoms. The third-order valence-corrected chi connectivity index (χ3v) is 3.70. The van der Waals surface area contributed by atoms with Crippen LogP contribution in [0.5, 0.6) is 0 Å². The van der Waals surface area contributed by atoms with E-state index in [1.54, 1.807) is 4.90 Å². The molecule has 1 aliphatic rings. The van der Waals surface area contributed by atoms with Crippen molar-refractivity contribution in [2.45, 2.75) is 25.4 Å². The van der Waals surface area contributed by atoms with Gasteiger partial charge in [-0.15, -0.1) is 12.4 Å². The number of carboxylic acids is 1. The Balaban J connectivity index is 0.00000208. The van der Waals surface area contributed by atoms with Crippen LogP contribution in [-0.4, -0.2) is 38.7 Å². The van der Waals surface area contributed by atoms with Crippen LogP contribution in [0.3, 0.4) is 0 Å². The molecule has 0 amide bonds. The number of nitrogens with zero attached hydrogens (tertiary/aromatic N) is 3. The lowest BCUT2D eigenvalue weighted by Crippen LogP contribution is -2.35. The lowest BCUT2D eigenvalue weighted by atomic mass is 10.2. The van der Waals surface area contributed by atoms with Gasteiger partial charge >= 0.3 is 5.97 Å². The summed E-state index contributed by atoms with van der Waals surface area (Å²) < 4.78 is 44.4. The van der Waals surface area contributed by atoms with Crippen LogP contribution in [0.25, 0.3) is 11.4 Å². The van der Waals surface area contributed by atoms with Crippen molar-refractivity contribution in [2.24, 2.45) is 0 Å². The first-order valence-corrected chi connectivity index (χ1v) is 6.90. The molecule has 2 aromatic rings. The summed E-state index contributed by atoms with van der Waals surface area (Å²) in [6.07, 6.45) is 1.27. The second kappa shape index (κ2) is 7.18. The number of halogens is 4. The number of aromatic nitrogens is 2. The zero-order valence-corrected chi connectivity index (χ0v) is 13.0. The number of benzene rings is 1. The molecular weight excluding hydrogens is 351 g/mol. The SMILES string of the molecule is Cl.O=C(O)C1CCCN1Cc1nc(-c2cc(F)c(F)c(F)c2)no1. The molecule has 1 fully saturated rings. The molecule has 1 aromatic heterocycles. The molecule has 2 heterocycles. The molecular formula is C14H13ClF3N3O3. The molecule has 3 rings (SSSR count). The Bertz CT molecular complexity index is 733. The van der Waals surface area contributed by atoms with E-state index in [1.807, 2.05) is 0 Å². The summed E-state index contributed by atoms with van der Waals surface area (Å²) in [5.41, 5.74) is -0.0624. The second-order valence-electron chi connectivity index (χ2n) is 5.23. The summed E-state index contributed by atoms with van der Waals surface area (Å²) in [6.45, 7) is 0.699. The first-order chi connectivity index (χ1) is 11.0. The molecule has 1 unspecified atom stereocenters. The number of rotatable bonds is 4. The highest BCUT2D eigenvalue weighted by Crippen LogP contribution is 2.23. The van der Waals surface area contributed by atoms with Crippen molar-refractivity contribution in [1.29, 1.82) is 0 Å². The normalized spacial score (nSPS) is 17.7. The molecule has 1 aromatic carbocycles. The van der Waals surface area contributed by atoms with Crippen LogP contribution in [0.15, 0.2) is 16.7 Å². The van der Waals surface area contributed by atoms with Gasteiger partial charge in [-0.3, -0.25) is 9.69 Å². The lowest BCUT2D eigenvalue weighted by Gasteiger charge is -2.18. The lowest BCUT2D eigenvalue weighted by molar-refractivity contribution is -0.142. The van der Waals surface area contributed by atoms with Gasteiger partial charge in [-0.2, -0.15) is 4.98 Å². The van der Waals surface area contributed by atoms with E-state index in [2.05, 4.69) is 10.1 Å². The maximum absolute atomic E-state index is 13.2. The number of carboxylic acid groups (broad SMARTS) is 1. The highest BCUT2D eigenvalue weighted by atomic mass is 35.5. The second-order valence-corrected chi connectivity index (χ2v) is 5.23. The largest absolute Gasteiger partial charge is 0.480 e. The molecule has 1 saturated heterocycles. The van der Waals surface area contributed by atoms with Gasteiger partial charge in [0.15, 0.2) is 17.5 Å². The van der Waals surface area contributed by atoms with E-state index in [1.165, 1.54) is 0 Å². The smallest absolute Gasteiger partial charge is 0.320 e. The molecule has 0 saturated carbocycles. The molecule has 10 heteroatoms. The van der Waals surface area contributed by atoms with Crippen molar-refractivity contribution in [3.8, 4) is 11.4 Å². The Morgan fingerprint density at radius 1 is 1.33 bits per heavy atom. The minimum Gasteiger partial charge on any atom is -0.480 e.